The molecule has 29 heavy (non-hydrogen) atoms. The average molecular weight is 386 g/mol. The van der Waals surface area contributed by atoms with Gasteiger partial charge in [0.15, 0.2) is 0 Å². The molecule has 0 fully saturated rings. The summed E-state index contributed by atoms with van der Waals surface area (Å²) >= 11 is 0. The van der Waals surface area contributed by atoms with Crippen LogP contribution < -0.4 is 15.4 Å². The summed E-state index contributed by atoms with van der Waals surface area (Å²) in [7, 11) is 1.51. The first kappa shape index (κ1) is 19.2. The van der Waals surface area contributed by atoms with E-state index in [1.165, 1.54) is 30.2 Å². The van der Waals surface area contributed by atoms with Gasteiger partial charge >= 0.3 is 0 Å². The lowest BCUT2D eigenvalue weighted by atomic mass is 9.76. The Labute approximate surface area is 166 Å². The summed E-state index contributed by atoms with van der Waals surface area (Å²) in [4.78, 5) is 12.1. The monoisotopic (exact) mass is 386 g/mol. The number of nitrogens with two attached hydrogens (primary N) is 1. The molecule has 0 spiro atoms. The molecule has 2 aromatic rings. The van der Waals surface area contributed by atoms with Gasteiger partial charge in [0.05, 0.1) is 30.2 Å². The highest BCUT2D eigenvalue weighted by atomic mass is 16.6. The number of nitriles is 3. The summed E-state index contributed by atoms with van der Waals surface area (Å²) in [6.45, 7) is 0. The molecule has 0 saturated carbocycles. The van der Waals surface area contributed by atoms with E-state index in [1.54, 1.807) is 30.3 Å². The Hall–Kier alpha value is -4.55. The Morgan fingerprint density at radius 3 is 2.34 bits per heavy atom. The van der Waals surface area contributed by atoms with Crippen molar-refractivity contribution in [1.82, 2.24) is 0 Å². The molecule has 142 valence electrons. The lowest BCUT2D eigenvalue weighted by molar-refractivity contribution is -0.384. The van der Waals surface area contributed by atoms with Gasteiger partial charge in [0.25, 0.3) is 5.69 Å². The number of methoxy groups -OCH3 is 1. The zero-order valence-corrected chi connectivity index (χ0v) is 15.2. The average Bonchev–Trinajstić information content (AvgIpc) is 3.01. The van der Waals surface area contributed by atoms with Crippen LogP contribution in [-0.4, -0.2) is 12.0 Å². The molecule has 0 bridgehead atoms. The number of anilines is 1. The summed E-state index contributed by atoms with van der Waals surface area (Å²) in [6.07, 6.45) is 0. The van der Waals surface area contributed by atoms with E-state index in [2.05, 4.69) is 0 Å². The highest BCUT2D eigenvalue weighted by molar-refractivity contribution is 5.67. The summed E-state index contributed by atoms with van der Waals surface area (Å²) in [6, 6.07) is 16.9. The maximum absolute atomic E-state index is 11.2. The Balaban J connectivity index is 2.29. The predicted molar refractivity (Wildman–Crippen MR) is 102 cm³/mol. The molecule has 2 N–H and O–H groups in total. The van der Waals surface area contributed by atoms with Crippen LogP contribution in [0, 0.1) is 49.5 Å². The van der Waals surface area contributed by atoms with Gasteiger partial charge < -0.3 is 15.4 Å². The van der Waals surface area contributed by atoms with Crippen LogP contribution in [0.15, 0.2) is 59.9 Å². The molecule has 0 saturated heterocycles. The molecule has 0 amide bonds. The zero-order valence-electron chi connectivity index (χ0n) is 15.2. The minimum Gasteiger partial charge on any atom is -0.497 e. The van der Waals surface area contributed by atoms with Crippen molar-refractivity contribution in [1.29, 1.82) is 15.8 Å². The van der Waals surface area contributed by atoms with E-state index < -0.39 is 16.4 Å². The van der Waals surface area contributed by atoms with Crippen molar-refractivity contribution < 1.29 is 9.66 Å². The second-order valence-electron chi connectivity index (χ2n) is 6.23. The lowest BCUT2D eigenvalue weighted by Crippen LogP contribution is -2.34. The minimum atomic E-state index is -1.94. The number of nitrogens with zero attached hydrogens (tertiary/aromatic N) is 5. The van der Waals surface area contributed by atoms with Gasteiger partial charge in [-0.2, -0.15) is 15.8 Å². The van der Waals surface area contributed by atoms with Gasteiger partial charge in [-0.25, -0.2) is 0 Å². The number of non-ortho nitro benzene ring substituents is 1. The van der Waals surface area contributed by atoms with E-state index in [-0.39, 0.29) is 17.1 Å². The molecule has 0 aliphatic carbocycles. The molecule has 9 heteroatoms. The van der Waals surface area contributed by atoms with Crippen LogP contribution in [0.25, 0.3) is 0 Å². The van der Waals surface area contributed by atoms with Crippen molar-refractivity contribution >= 4 is 11.4 Å². The molecule has 1 aliphatic rings. The molecule has 1 atom stereocenters. The lowest BCUT2D eigenvalue weighted by Gasteiger charge is -2.32. The second-order valence-corrected chi connectivity index (χ2v) is 6.23. The van der Waals surface area contributed by atoms with Crippen LogP contribution >= 0.6 is 0 Å². The third-order valence-corrected chi connectivity index (χ3v) is 4.79. The molecule has 0 aromatic heterocycles. The standard InChI is InChI=1S/C20H14N6O3/c1-29-16-7-5-14(6-8-16)25-18(13-3-2-4-15(9-13)26(27)28)20(11-22,12-23)17(10-21)19(25)24/h2-9,18H,24H2,1H3/t18-/m1/s1. The summed E-state index contributed by atoms with van der Waals surface area (Å²) in [5.41, 5.74) is 4.68. The minimum absolute atomic E-state index is 0.0581. The van der Waals surface area contributed by atoms with E-state index >= 15 is 0 Å². The number of nitro groups is 1. The highest BCUT2D eigenvalue weighted by Crippen LogP contribution is 2.52. The summed E-state index contributed by atoms with van der Waals surface area (Å²) in [5, 5.41) is 40.7. The van der Waals surface area contributed by atoms with Crippen LogP contribution in [0.5, 0.6) is 5.75 Å². The fourth-order valence-electron chi connectivity index (χ4n) is 3.43. The van der Waals surface area contributed by atoms with Crippen LogP contribution in [-0.2, 0) is 0 Å². The summed E-state index contributed by atoms with van der Waals surface area (Å²) < 4.78 is 5.14. The molecule has 1 aliphatic heterocycles. The number of rotatable bonds is 4. The first-order valence-electron chi connectivity index (χ1n) is 8.34. The first-order valence-corrected chi connectivity index (χ1v) is 8.34. The smallest absolute Gasteiger partial charge is 0.269 e. The van der Waals surface area contributed by atoms with E-state index in [0.717, 1.165) is 0 Å². The van der Waals surface area contributed by atoms with Crippen molar-refractivity contribution in [3.63, 3.8) is 0 Å². The van der Waals surface area contributed by atoms with Crippen LogP contribution in [0.2, 0.25) is 0 Å². The van der Waals surface area contributed by atoms with E-state index in [4.69, 9.17) is 10.5 Å². The van der Waals surface area contributed by atoms with Crippen LogP contribution in [0.3, 0.4) is 0 Å². The van der Waals surface area contributed by atoms with Gasteiger partial charge in [0.2, 0.25) is 5.41 Å². The number of benzene rings is 2. The van der Waals surface area contributed by atoms with Crippen molar-refractivity contribution in [2.45, 2.75) is 6.04 Å². The van der Waals surface area contributed by atoms with Crippen LogP contribution in [0.4, 0.5) is 11.4 Å². The maximum Gasteiger partial charge on any atom is 0.269 e. The van der Waals surface area contributed by atoms with Gasteiger partial charge in [0, 0.05) is 17.8 Å². The number of nitro benzene ring substituents is 1. The van der Waals surface area contributed by atoms with Gasteiger partial charge in [-0.15, -0.1) is 0 Å². The molecule has 0 radical (unpaired) electrons. The molecule has 1 heterocycles. The first-order chi connectivity index (χ1) is 13.9. The van der Waals surface area contributed by atoms with Crippen LogP contribution in [0.1, 0.15) is 11.6 Å². The Morgan fingerprint density at radius 2 is 1.83 bits per heavy atom. The maximum atomic E-state index is 11.2. The Morgan fingerprint density at radius 1 is 1.17 bits per heavy atom. The van der Waals surface area contributed by atoms with Crippen molar-refractivity contribution in [2.24, 2.45) is 11.1 Å². The second kappa shape index (κ2) is 7.22. The third-order valence-electron chi connectivity index (χ3n) is 4.79. The normalized spacial score (nSPS) is 17.2. The third kappa shape index (κ3) is 2.86. The number of hydrogen-bond donors (Lipinski definition) is 1. The van der Waals surface area contributed by atoms with Gasteiger partial charge in [-0.1, -0.05) is 12.1 Å². The van der Waals surface area contributed by atoms with E-state index in [0.29, 0.717) is 17.0 Å². The number of hydrogen-bond acceptors (Lipinski definition) is 8. The van der Waals surface area contributed by atoms with Crippen molar-refractivity contribution in [2.75, 3.05) is 12.0 Å². The van der Waals surface area contributed by atoms with E-state index in [9.17, 15) is 25.9 Å². The van der Waals surface area contributed by atoms with Crippen molar-refractivity contribution in [3.8, 4) is 24.0 Å². The predicted octanol–water partition coefficient (Wildman–Crippen LogP) is 2.89. The highest BCUT2D eigenvalue weighted by Gasteiger charge is 2.55. The summed E-state index contributed by atoms with van der Waals surface area (Å²) in [5.74, 6) is 0.520. The fraction of sp³-hybridized carbons (Fsp3) is 0.150. The topological polar surface area (TPSA) is 153 Å². The van der Waals surface area contributed by atoms with Gasteiger partial charge in [-0.3, -0.25) is 10.1 Å². The van der Waals surface area contributed by atoms with Crippen molar-refractivity contribution in [3.05, 3.63) is 75.6 Å². The molecule has 0 unspecified atom stereocenters. The zero-order chi connectivity index (χ0) is 21.2. The number of ether oxygens (including phenoxy) is 1. The molecule has 3 rings (SSSR count). The molecule has 2 aromatic carbocycles. The SMILES string of the molecule is COc1ccc(N2C(N)=C(C#N)C(C#N)(C#N)[C@H]2c2cccc([N+](=O)[O-])c2)cc1. The van der Waals surface area contributed by atoms with E-state index in [1.807, 2.05) is 18.2 Å². The van der Waals surface area contributed by atoms with Gasteiger partial charge in [0.1, 0.15) is 23.2 Å². The van der Waals surface area contributed by atoms with Gasteiger partial charge in [-0.05, 0) is 29.8 Å². The molecular weight excluding hydrogens is 372 g/mol. The molecule has 9 nitrogen and oxygen atoms in total. The quantitative estimate of drug-likeness (QED) is 0.621. The Bertz CT molecular complexity index is 1120. The largest absolute Gasteiger partial charge is 0.497 e. The fourth-order valence-corrected chi connectivity index (χ4v) is 3.43. The molecular formula is C20H14N6O3. The Kier molecular flexibility index (Phi) is 4.79.